The number of carbonyl (C=O) groups is 1. The predicted molar refractivity (Wildman–Crippen MR) is 24.5 cm³/mol. The molecule has 5 nitrogen and oxygen atoms in total. The van der Waals surface area contributed by atoms with E-state index in [1.165, 1.54) is 0 Å². The van der Waals surface area contributed by atoms with Gasteiger partial charge in [0.2, 0.25) is 0 Å². The van der Waals surface area contributed by atoms with Crippen molar-refractivity contribution in [3.63, 3.8) is 0 Å². The van der Waals surface area contributed by atoms with E-state index in [0.29, 0.717) is 0 Å². The van der Waals surface area contributed by atoms with Gasteiger partial charge < -0.3 is 4.74 Å². The average Bonchev–Trinajstić information content (AvgIpc) is 1.63. The molecule has 0 aromatic heterocycles. The monoisotopic (exact) mass is 135 g/mol. The van der Waals surface area contributed by atoms with Gasteiger partial charge in [0, 0.05) is 10.3 Å². The molecule has 0 unspecified atom stereocenters. The SMILES string of the molecule is CC(C)OC(=O)OO[O]. The molecule has 1 radical (unpaired) electrons. The third kappa shape index (κ3) is 5.05. The van der Waals surface area contributed by atoms with Crippen LogP contribution < -0.4 is 0 Å². The van der Waals surface area contributed by atoms with Crippen LogP contribution in [-0.4, -0.2) is 12.3 Å². The maximum absolute atomic E-state index is 10.1. The van der Waals surface area contributed by atoms with Crippen molar-refractivity contribution in [2.75, 3.05) is 0 Å². The van der Waals surface area contributed by atoms with E-state index >= 15 is 0 Å². The molecule has 0 saturated heterocycles. The second-order valence-electron chi connectivity index (χ2n) is 1.57. The van der Waals surface area contributed by atoms with Crippen LogP contribution in [0.25, 0.3) is 0 Å². The standard InChI is InChI=1S/C4H7O5/c1-3(2)7-4(5)8-9-6/h3H,1-2H3. The van der Waals surface area contributed by atoms with E-state index in [2.05, 4.69) is 14.7 Å². The summed E-state index contributed by atoms with van der Waals surface area (Å²) in [6, 6.07) is 0. The molecule has 0 spiro atoms. The van der Waals surface area contributed by atoms with Crippen LogP contribution in [-0.2, 0) is 19.9 Å². The lowest BCUT2D eigenvalue weighted by Crippen LogP contribution is -2.11. The van der Waals surface area contributed by atoms with Crippen molar-refractivity contribution in [1.29, 1.82) is 0 Å². The van der Waals surface area contributed by atoms with Gasteiger partial charge in [-0.05, 0) is 13.8 Å². The molecule has 0 saturated carbocycles. The Morgan fingerprint density at radius 3 is 2.33 bits per heavy atom. The first-order chi connectivity index (χ1) is 4.16. The van der Waals surface area contributed by atoms with Crippen LogP contribution >= 0.6 is 0 Å². The zero-order valence-corrected chi connectivity index (χ0v) is 5.12. The van der Waals surface area contributed by atoms with E-state index in [-0.39, 0.29) is 6.10 Å². The molecule has 0 fully saturated rings. The quantitative estimate of drug-likeness (QED) is 0.319. The second-order valence-corrected chi connectivity index (χ2v) is 1.57. The molecule has 5 heteroatoms. The Morgan fingerprint density at radius 2 is 2.00 bits per heavy atom. The Hall–Kier alpha value is -0.810. The van der Waals surface area contributed by atoms with Gasteiger partial charge >= 0.3 is 6.16 Å². The van der Waals surface area contributed by atoms with Crippen molar-refractivity contribution in [1.82, 2.24) is 0 Å². The predicted octanol–water partition coefficient (Wildman–Crippen LogP) is 0.825. The summed E-state index contributed by atoms with van der Waals surface area (Å²) in [5.74, 6) is 0. The van der Waals surface area contributed by atoms with Crippen molar-refractivity contribution in [3.05, 3.63) is 0 Å². The Morgan fingerprint density at radius 1 is 1.44 bits per heavy atom. The van der Waals surface area contributed by atoms with Crippen molar-refractivity contribution < 1.29 is 24.7 Å². The first kappa shape index (κ1) is 8.19. The van der Waals surface area contributed by atoms with E-state index < -0.39 is 6.16 Å². The lowest BCUT2D eigenvalue weighted by Gasteiger charge is -2.02. The van der Waals surface area contributed by atoms with Gasteiger partial charge in [-0.15, -0.1) is 0 Å². The highest BCUT2D eigenvalue weighted by atomic mass is 17.5. The van der Waals surface area contributed by atoms with Gasteiger partial charge in [0.15, 0.2) is 0 Å². The molecular weight excluding hydrogens is 128 g/mol. The van der Waals surface area contributed by atoms with E-state index in [1.807, 2.05) is 0 Å². The third-order valence-corrected chi connectivity index (χ3v) is 0.434. The highest BCUT2D eigenvalue weighted by Gasteiger charge is 2.06. The summed E-state index contributed by atoms with van der Waals surface area (Å²) in [5.41, 5.74) is 0. The van der Waals surface area contributed by atoms with Crippen LogP contribution in [0.15, 0.2) is 0 Å². The number of carbonyl (C=O) groups excluding carboxylic acids is 1. The zero-order chi connectivity index (χ0) is 7.28. The molecule has 9 heavy (non-hydrogen) atoms. The summed E-state index contributed by atoms with van der Waals surface area (Å²) in [6.45, 7) is 3.23. The van der Waals surface area contributed by atoms with Crippen LogP contribution in [0.5, 0.6) is 0 Å². The Labute approximate surface area is 52.0 Å². The van der Waals surface area contributed by atoms with E-state index in [1.54, 1.807) is 13.8 Å². The number of hydrogen-bond donors (Lipinski definition) is 0. The van der Waals surface area contributed by atoms with Crippen molar-refractivity contribution in [2.24, 2.45) is 0 Å². The fourth-order valence-corrected chi connectivity index (χ4v) is 0.240. The first-order valence-electron chi connectivity index (χ1n) is 2.34. The molecule has 0 bridgehead atoms. The summed E-state index contributed by atoms with van der Waals surface area (Å²) in [6.07, 6.45) is -1.44. The minimum absolute atomic E-state index is 0.312. The fraction of sp³-hybridized carbons (Fsp3) is 0.750. The van der Waals surface area contributed by atoms with E-state index in [9.17, 15) is 4.79 Å². The normalized spacial score (nSPS) is 9.33. The van der Waals surface area contributed by atoms with Crippen molar-refractivity contribution >= 4 is 6.16 Å². The molecule has 0 rings (SSSR count). The molecule has 0 N–H and O–H groups in total. The van der Waals surface area contributed by atoms with Gasteiger partial charge in [0.1, 0.15) is 0 Å². The van der Waals surface area contributed by atoms with E-state index in [4.69, 9.17) is 5.26 Å². The molecule has 0 aromatic rings. The molecule has 0 atom stereocenters. The third-order valence-electron chi connectivity index (χ3n) is 0.434. The van der Waals surface area contributed by atoms with Gasteiger partial charge in [0.25, 0.3) is 0 Å². The molecule has 0 aromatic carbocycles. The molecule has 0 heterocycles. The summed E-state index contributed by atoms with van der Waals surface area (Å²) in [7, 11) is 0. The maximum Gasteiger partial charge on any atom is 0.542 e. The van der Waals surface area contributed by atoms with Gasteiger partial charge in [-0.3, -0.25) is 0 Å². The van der Waals surface area contributed by atoms with Gasteiger partial charge in [-0.25, -0.2) is 9.68 Å². The second kappa shape index (κ2) is 4.11. The van der Waals surface area contributed by atoms with Crippen LogP contribution in [0.3, 0.4) is 0 Å². The van der Waals surface area contributed by atoms with Crippen LogP contribution in [0.2, 0.25) is 0 Å². The smallest absolute Gasteiger partial charge is 0.430 e. The number of rotatable bonds is 2. The van der Waals surface area contributed by atoms with Gasteiger partial charge in [-0.1, -0.05) is 0 Å². The van der Waals surface area contributed by atoms with Crippen molar-refractivity contribution in [2.45, 2.75) is 20.0 Å². The molecule has 0 amide bonds. The minimum Gasteiger partial charge on any atom is -0.430 e. The largest absolute Gasteiger partial charge is 0.542 e. The molecule has 0 aliphatic rings. The first-order valence-corrected chi connectivity index (χ1v) is 2.34. The highest BCUT2D eigenvalue weighted by Crippen LogP contribution is 1.91. The van der Waals surface area contributed by atoms with Crippen LogP contribution in [0.4, 0.5) is 4.79 Å². The molecular formula is C4H7O5. The number of hydrogen-bond acceptors (Lipinski definition) is 4. The van der Waals surface area contributed by atoms with Crippen LogP contribution in [0.1, 0.15) is 13.8 Å². The highest BCUT2D eigenvalue weighted by molar-refractivity contribution is 5.59. The fourth-order valence-electron chi connectivity index (χ4n) is 0.240. The summed E-state index contributed by atoms with van der Waals surface area (Å²) >= 11 is 0. The maximum atomic E-state index is 10.1. The summed E-state index contributed by atoms with van der Waals surface area (Å²) in [5, 5.41) is 11.9. The van der Waals surface area contributed by atoms with E-state index in [0.717, 1.165) is 0 Å². The van der Waals surface area contributed by atoms with Gasteiger partial charge in [0.05, 0.1) is 6.10 Å². The Bertz CT molecular complexity index is 89.0. The lowest BCUT2D eigenvalue weighted by atomic mass is 10.5. The topological polar surface area (TPSA) is 64.7 Å². The lowest BCUT2D eigenvalue weighted by molar-refractivity contribution is -0.501. The van der Waals surface area contributed by atoms with Gasteiger partial charge in [-0.2, -0.15) is 0 Å². The van der Waals surface area contributed by atoms with Crippen molar-refractivity contribution in [3.8, 4) is 0 Å². The molecule has 53 valence electrons. The number of ether oxygens (including phenoxy) is 1. The Balaban J connectivity index is 3.27. The minimum atomic E-state index is -1.13. The summed E-state index contributed by atoms with van der Waals surface area (Å²) < 4.78 is 4.30. The van der Waals surface area contributed by atoms with Crippen LogP contribution in [0, 0.1) is 0 Å². The summed E-state index contributed by atoms with van der Waals surface area (Å²) in [4.78, 5) is 13.5. The zero-order valence-electron chi connectivity index (χ0n) is 5.12. The average molecular weight is 135 g/mol. The Kier molecular flexibility index (Phi) is 3.74. The molecule has 0 aliphatic heterocycles. The molecule has 0 aliphatic carbocycles.